The molecule has 0 amide bonds. The number of nitrogens with zero attached hydrogens (tertiary/aromatic N) is 7. The third-order valence-electron chi connectivity index (χ3n) is 4.95. The van der Waals surface area contributed by atoms with Crippen molar-refractivity contribution in [2.45, 2.75) is 4.90 Å². The molecule has 152 valence electrons. The number of rotatable bonds is 5. The van der Waals surface area contributed by atoms with Crippen molar-refractivity contribution in [2.75, 3.05) is 50.1 Å². The number of hydrogen-bond donors (Lipinski definition) is 0. The first-order chi connectivity index (χ1) is 13.9. The summed E-state index contributed by atoms with van der Waals surface area (Å²) in [5.74, 6) is 0.761. The first-order valence-corrected chi connectivity index (χ1v) is 10.7. The van der Waals surface area contributed by atoms with Crippen LogP contribution in [0.5, 0.6) is 0 Å². The summed E-state index contributed by atoms with van der Waals surface area (Å²) in [6.07, 6.45) is 5.21. The van der Waals surface area contributed by atoms with Crippen LogP contribution in [-0.2, 0) is 10.0 Å². The molecule has 0 bridgehead atoms. The first kappa shape index (κ1) is 19.3. The van der Waals surface area contributed by atoms with Crippen LogP contribution < -0.4 is 9.80 Å². The molecular formula is C19H23N7O2S. The molecule has 0 unspecified atom stereocenters. The maximum atomic E-state index is 13.0. The van der Waals surface area contributed by atoms with Crippen LogP contribution in [0.1, 0.15) is 0 Å². The molecule has 0 radical (unpaired) electrons. The Kier molecular flexibility index (Phi) is 5.20. The molecule has 0 N–H and O–H groups in total. The Morgan fingerprint density at radius 3 is 2.38 bits per heavy atom. The normalized spacial score (nSPS) is 15.4. The molecule has 9 nitrogen and oxygen atoms in total. The largest absolute Gasteiger partial charge is 0.376 e. The highest BCUT2D eigenvalue weighted by Crippen LogP contribution is 2.22. The summed E-state index contributed by atoms with van der Waals surface area (Å²) < 4.78 is 29.3. The van der Waals surface area contributed by atoms with Crippen molar-refractivity contribution < 1.29 is 8.42 Å². The number of sulfonamides is 1. The van der Waals surface area contributed by atoms with Crippen molar-refractivity contribution in [3.8, 4) is 5.69 Å². The number of anilines is 2. The van der Waals surface area contributed by atoms with Gasteiger partial charge in [0, 0.05) is 58.7 Å². The fraction of sp³-hybridized carbons (Fsp3) is 0.316. The molecule has 1 aliphatic rings. The second kappa shape index (κ2) is 7.80. The molecule has 4 rings (SSSR count). The van der Waals surface area contributed by atoms with E-state index in [4.69, 9.17) is 0 Å². The van der Waals surface area contributed by atoms with E-state index in [0.717, 1.165) is 17.2 Å². The lowest BCUT2D eigenvalue weighted by Crippen LogP contribution is -2.49. The SMILES string of the molecule is CN(C)c1cnnc(N2CCN(S(=O)(=O)c3ccc(-n4cccn4)cc3)CC2)c1. The number of benzene rings is 1. The summed E-state index contributed by atoms with van der Waals surface area (Å²) in [5.41, 5.74) is 1.78. The van der Waals surface area contributed by atoms with E-state index in [-0.39, 0.29) is 4.90 Å². The highest BCUT2D eigenvalue weighted by Gasteiger charge is 2.29. The molecule has 1 fully saturated rings. The zero-order chi connectivity index (χ0) is 20.4. The minimum Gasteiger partial charge on any atom is -0.376 e. The maximum Gasteiger partial charge on any atom is 0.243 e. The number of piperazine rings is 1. The van der Waals surface area contributed by atoms with Crippen molar-refractivity contribution in [3.05, 3.63) is 55.0 Å². The summed E-state index contributed by atoms with van der Waals surface area (Å²) in [6, 6.07) is 10.6. The Bertz CT molecular complexity index is 1060. The van der Waals surface area contributed by atoms with Crippen molar-refractivity contribution in [1.29, 1.82) is 0 Å². The number of hydrogen-bond acceptors (Lipinski definition) is 7. The highest BCUT2D eigenvalue weighted by molar-refractivity contribution is 7.89. The fourth-order valence-corrected chi connectivity index (χ4v) is 4.67. The minimum atomic E-state index is -3.54. The minimum absolute atomic E-state index is 0.288. The molecule has 0 saturated carbocycles. The van der Waals surface area contributed by atoms with Crippen molar-refractivity contribution >= 4 is 21.5 Å². The van der Waals surface area contributed by atoms with Crippen molar-refractivity contribution in [3.63, 3.8) is 0 Å². The van der Waals surface area contributed by atoms with E-state index in [1.54, 1.807) is 41.3 Å². The van der Waals surface area contributed by atoms with Gasteiger partial charge in [-0.05, 0) is 30.3 Å². The molecule has 2 aromatic heterocycles. The van der Waals surface area contributed by atoms with Gasteiger partial charge in [0.2, 0.25) is 10.0 Å². The van der Waals surface area contributed by atoms with E-state index in [1.165, 1.54) is 4.31 Å². The average molecular weight is 414 g/mol. The lowest BCUT2D eigenvalue weighted by molar-refractivity contribution is 0.383. The van der Waals surface area contributed by atoms with Crippen LogP contribution in [0.3, 0.4) is 0 Å². The third kappa shape index (κ3) is 3.94. The lowest BCUT2D eigenvalue weighted by atomic mass is 10.3. The summed E-state index contributed by atoms with van der Waals surface area (Å²) in [5, 5.41) is 12.4. The van der Waals surface area contributed by atoms with Gasteiger partial charge in [-0.3, -0.25) is 0 Å². The number of aromatic nitrogens is 4. The molecule has 1 aromatic carbocycles. The van der Waals surface area contributed by atoms with Crippen molar-refractivity contribution in [2.24, 2.45) is 0 Å². The maximum absolute atomic E-state index is 13.0. The van der Waals surface area contributed by atoms with E-state index in [9.17, 15) is 8.42 Å². The summed E-state index contributed by atoms with van der Waals surface area (Å²) in [7, 11) is 0.353. The van der Waals surface area contributed by atoms with Crippen LogP contribution in [0.4, 0.5) is 11.5 Å². The standard InChI is InChI=1S/C19H23N7O2S/c1-23(2)17-14-19(22-20-15-17)24-10-12-25(13-11-24)29(27,28)18-6-4-16(5-7-18)26-9-3-8-21-26/h3-9,14-15H,10-13H2,1-2H3. The quantitative estimate of drug-likeness (QED) is 0.622. The molecule has 29 heavy (non-hydrogen) atoms. The topological polar surface area (TPSA) is 87.5 Å². The average Bonchev–Trinajstić information content (AvgIpc) is 3.29. The summed E-state index contributed by atoms with van der Waals surface area (Å²) >= 11 is 0. The predicted octanol–water partition coefficient (Wildman–Crippen LogP) is 1.24. The Morgan fingerprint density at radius 2 is 1.76 bits per heavy atom. The van der Waals surface area contributed by atoms with Crippen LogP contribution in [0, 0.1) is 0 Å². The van der Waals surface area contributed by atoms with Gasteiger partial charge in [-0.15, -0.1) is 5.10 Å². The molecular weight excluding hydrogens is 390 g/mol. The Hall–Kier alpha value is -2.98. The van der Waals surface area contributed by atoms with Crippen LogP contribution in [-0.4, -0.2) is 73.0 Å². The van der Waals surface area contributed by atoms with Crippen LogP contribution >= 0.6 is 0 Å². The van der Waals surface area contributed by atoms with Gasteiger partial charge < -0.3 is 9.80 Å². The third-order valence-corrected chi connectivity index (χ3v) is 6.86. The van der Waals surface area contributed by atoms with Gasteiger partial charge in [0.25, 0.3) is 0 Å². The van der Waals surface area contributed by atoms with E-state index < -0.39 is 10.0 Å². The molecule has 3 aromatic rings. The first-order valence-electron chi connectivity index (χ1n) is 9.30. The van der Waals surface area contributed by atoms with Crippen LogP contribution in [0.2, 0.25) is 0 Å². The van der Waals surface area contributed by atoms with Gasteiger partial charge in [-0.25, -0.2) is 13.1 Å². The highest BCUT2D eigenvalue weighted by atomic mass is 32.2. The van der Waals surface area contributed by atoms with Crippen LogP contribution in [0.25, 0.3) is 5.69 Å². The molecule has 0 atom stereocenters. The van der Waals surface area contributed by atoms with Gasteiger partial charge in [0.15, 0.2) is 5.82 Å². The van der Waals surface area contributed by atoms with E-state index in [0.29, 0.717) is 26.2 Å². The molecule has 1 aliphatic heterocycles. The van der Waals surface area contributed by atoms with E-state index in [1.807, 2.05) is 37.3 Å². The molecule has 10 heteroatoms. The predicted molar refractivity (Wildman–Crippen MR) is 111 cm³/mol. The molecule has 1 saturated heterocycles. The smallest absolute Gasteiger partial charge is 0.243 e. The molecule has 0 spiro atoms. The Balaban J connectivity index is 1.45. The zero-order valence-corrected chi connectivity index (χ0v) is 17.2. The van der Waals surface area contributed by atoms with Crippen molar-refractivity contribution in [1.82, 2.24) is 24.3 Å². The van der Waals surface area contributed by atoms with Gasteiger partial charge in [-0.2, -0.15) is 14.5 Å². The van der Waals surface area contributed by atoms with Gasteiger partial charge in [-0.1, -0.05) is 0 Å². The van der Waals surface area contributed by atoms with E-state index >= 15 is 0 Å². The van der Waals surface area contributed by atoms with Gasteiger partial charge >= 0.3 is 0 Å². The monoisotopic (exact) mass is 413 g/mol. The van der Waals surface area contributed by atoms with Gasteiger partial charge in [0.1, 0.15) is 0 Å². The van der Waals surface area contributed by atoms with Gasteiger partial charge in [0.05, 0.1) is 22.5 Å². The zero-order valence-electron chi connectivity index (χ0n) is 16.4. The second-order valence-electron chi connectivity index (χ2n) is 7.00. The Morgan fingerprint density at radius 1 is 1.03 bits per heavy atom. The Labute approximate surface area is 170 Å². The van der Waals surface area contributed by atoms with E-state index in [2.05, 4.69) is 20.2 Å². The molecule has 0 aliphatic carbocycles. The second-order valence-corrected chi connectivity index (χ2v) is 8.94. The fourth-order valence-electron chi connectivity index (χ4n) is 3.24. The van der Waals surface area contributed by atoms with Crippen LogP contribution in [0.15, 0.2) is 59.9 Å². The lowest BCUT2D eigenvalue weighted by Gasteiger charge is -2.34. The molecule has 3 heterocycles. The summed E-state index contributed by atoms with van der Waals surface area (Å²) in [4.78, 5) is 4.31. The summed E-state index contributed by atoms with van der Waals surface area (Å²) in [6.45, 7) is 1.93.